The third-order valence-corrected chi connectivity index (χ3v) is 4.49. The molecule has 3 aromatic rings. The Morgan fingerprint density at radius 2 is 2.11 bits per heavy atom. The Bertz CT molecular complexity index is 708. The maximum Gasteiger partial charge on any atom is 0.179 e. The van der Waals surface area contributed by atoms with Crippen LogP contribution < -0.4 is 5.73 Å². The number of aryl methyl sites for hydroxylation is 1. The van der Waals surface area contributed by atoms with E-state index in [9.17, 15) is 0 Å². The van der Waals surface area contributed by atoms with Crippen LogP contribution in [0.15, 0.2) is 39.8 Å². The number of nitrogen functional groups attached to an aromatic ring is 1. The Labute approximate surface area is 112 Å². The highest BCUT2D eigenvalue weighted by molar-refractivity contribution is 8.01. The highest BCUT2D eigenvalue weighted by atomic mass is 32.2. The van der Waals surface area contributed by atoms with Crippen LogP contribution in [-0.2, 0) is 0 Å². The number of nitrogens with zero attached hydrogens (tertiary/aromatic N) is 3. The topological polar surface area (TPSA) is 64.7 Å². The van der Waals surface area contributed by atoms with Crippen LogP contribution in [0.25, 0.3) is 10.8 Å². The molecule has 0 amide bonds. The lowest BCUT2D eigenvalue weighted by Crippen LogP contribution is -1.90. The summed E-state index contributed by atoms with van der Waals surface area (Å²) in [5, 5.41) is 11.1. The van der Waals surface area contributed by atoms with E-state index in [1.807, 2.05) is 31.3 Å². The summed E-state index contributed by atoms with van der Waals surface area (Å²) in [5.41, 5.74) is 6.95. The van der Waals surface area contributed by atoms with Crippen molar-refractivity contribution < 1.29 is 0 Å². The molecule has 0 aliphatic rings. The molecule has 1 aromatic carbocycles. The zero-order valence-electron chi connectivity index (χ0n) is 9.62. The van der Waals surface area contributed by atoms with Crippen molar-refractivity contribution in [3.63, 3.8) is 0 Å². The molecule has 2 aromatic heterocycles. The smallest absolute Gasteiger partial charge is 0.179 e. The van der Waals surface area contributed by atoms with Crippen LogP contribution in [0, 0.1) is 6.92 Å². The first-order chi connectivity index (χ1) is 8.74. The standard InChI is InChI=1S/C12H10N4S2/c1-7-15-16-12(17-7)18-10-3-2-8-6-14-5-4-9(8)11(10)13/h2-6H,13H2,1H3. The number of nitrogens with two attached hydrogens (primary N) is 1. The molecular weight excluding hydrogens is 264 g/mol. The number of benzene rings is 1. The van der Waals surface area contributed by atoms with Crippen molar-refractivity contribution in [2.75, 3.05) is 5.73 Å². The molecule has 0 bridgehead atoms. The van der Waals surface area contributed by atoms with E-state index >= 15 is 0 Å². The largest absolute Gasteiger partial charge is 0.397 e. The van der Waals surface area contributed by atoms with Crippen LogP contribution in [0.4, 0.5) is 5.69 Å². The molecule has 3 rings (SSSR count). The van der Waals surface area contributed by atoms with Gasteiger partial charge in [-0.2, -0.15) is 0 Å². The Hall–Kier alpha value is -1.66. The van der Waals surface area contributed by atoms with Gasteiger partial charge in [0.05, 0.1) is 5.69 Å². The van der Waals surface area contributed by atoms with Crippen LogP contribution in [0.5, 0.6) is 0 Å². The average molecular weight is 274 g/mol. The molecule has 0 aliphatic carbocycles. The van der Waals surface area contributed by atoms with Crippen molar-refractivity contribution in [2.45, 2.75) is 16.2 Å². The van der Waals surface area contributed by atoms with Crippen LogP contribution in [0.2, 0.25) is 0 Å². The molecule has 0 aliphatic heterocycles. The number of pyridine rings is 1. The molecule has 0 saturated carbocycles. The monoisotopic (exact) mass is 274 g/mol. The van der Waals surface area contributed by atoms with Crippen molar-refractivity contribution in [1.29, 1.82) is 0 Å². The van der Waals surface area contributed by atoms with E-state index in [1.165, 1.54) is 0 Å². The SMILES string of the molecule is Cc1nnc(Sc2ccc3cnccc3c2N)s1. The first-order valence-electron chi connectivity index (χ1n) is 5.34. The number of rotatable bonds is 2. The molecule has 0 atom stereocenters. The number of anilines is 1. The number of hydrogen-bond donors (Lipinski definition) is 1. The van der Waals surface area contributed by atoms with Crippen molar-refractivity contribution in [3.05, 3.63) is 35.6 Å². The van der Waals surface area contributed by atoms with Gasteiger partial charge in [-0.1, -0.05) is 29.2 Å². The summed E-state index contributed by atoms with van der Waals surface area (Å²) in [7, 11) is 0. The van der Waals surface area contributed by atoms with Gasteiger partial charge in [0.1, 0.15) is 5.01 Å². The van der Waals surface area contributed by atoms with E-state index in [4.69, 9.17) is 5.73 Å². The second-order valence-electron chi connectivity index (χ2n) is 3.76. The van der Waals surface area contributed by atoms with E-state index in [1.54, 1.807) is 29.3 Å². The van der Waals surface area contributed by atoms with Gasteiger partial charge < -0.3 is 5.73 Å². The van der Waals surface area contributed by atoms with Gasteiger partial charge in [0, 0.05) is 28.1 Å². The molecule has 6 heteroatoms. The predicted molar refractivity (Wildman–Crippen MR) is 74.9 cm³/mol. The van der Waals surface area contributed by atoms with Crippen molar-refractivity contribution in [3.8, 4) is 0 Å². The van der Waals surface area contributed by atoms with Crippen molar-refractivity contribution >= 4 is 39.6 Å². The van der Waals surface area contributed by atoms with E-state index in [2.05, 4.69) is 15.2 Å². The summed E-state index contributed by atoms with van der Waals surface area (Å²) < 4.78 is 0.910. The summed E-state index contributed by atoms with van der Waals surface area (Å²) in [5.74, 6) is 0. The third-order valence-electron chi connectivity index (χ3n) is 2.53. The first kappa shape index (κ1) is 11.4. The van der Waals surface area contributed by atoms with Crippen LogP contribution >= 0.6 is 23.1 Å². The fraction of sp³-hybridized carbons (Fsp3) is 0.0833. The van der Waals surface area contributed by atoms with Gasteiger partial charge in [0.25, 0.3) is 0 Å². The molecule has 4 nitrogen and oxygen atoms in total. The fourth-order valence-electron chi connectivity index (χ4n) is 1.68. The Kier molecular flexibility index (Phi) is 2.89. The highest BCUT2D eigenvalue weighted by Gasteiger charge is 2.08. The fourth-order valence-corrected chi connectivity index (χ4v) is 3.52. The van der Waals surface area contributed by atoms with Crippen LogP contribution in [-0.4, -0.2) is 15.2 Å². The van der Waals surface area contributed by atoms with Crippen LogP contribution in [0.1, 0.15) is 5.01 Å². The first-order valence-corrected chi connectivity index (χ1v) is 6.97. The van der Waals surface area contributed by atoms with Gasteiger partial charge in [-0.15, -0.1) is 10.2 Å². The molecule has 0 unspecified atom stereocenters. The Morgan fingerprint density at radius 3 is 2.89 bits per heavy atom. The molecule has 0 spiro atoms. The van der Waals surface area contributed by atoms with Gasteiger partial charge in [-0.3, -0.25) is 4.98 Å². The maximum atomic E-state index is 6.18. The van der Waals surface area contributed by atoms with E-state index in [0.717, 1.165) is 30.7 Å². The minimum atomic E-state index is 0.771. The maximum absolute atomic E-state index is 6.18. The summed E-state index contributed by atoms with van der Waals surface area (Å²) >= 11 is 3.12. The Balaban J connectivity index is 2.04. The minimum Gasteiger partial charge on any atom is -0.397 e. The molecular formula is C12H10N4S2. The number of fused-ring (bicyclic) bond motifs is 1. The van der Waals surface area contributed by atoms with Gasteiger partial charge in [0.2, 0.25) is 0 Å². The lowest BCUT2D eigenvalue weighted by atomic mass is 10.1. The second-order valence-corrected chi connectivity index (χ2v) is 6.23. The zero-order valence-corrected chi connectivity index (χ0v) is 11.3. The molecule has 90 valence electrons. The summed E-state index contributed by atoms with van der Waals surface area (Å²) in [6.45, 7) is 1.94. The van der Waals surface area contributed by atoms with Gasteiger partial charge in [0.15, 0.2) is 4.34 Å². The highest BCUT2D eigenvalue weighted by Crippen LogP contribution is 2.36. The van der Waals surface area contributed by atoms with Gasteiger partial charge >= 0.3 is 0 Å². The van der Waals surface area contributed by atoms with Crippen LogP contribution in [0.3, 0.4) is 0 Å². The van der Waals surface area contributed by atoms with E-state index in [0.29, 0.717) is 0 Å². The normalized spacial score (nSPS) is 10.9. The molecule has 2 heterocycles. The zero-order chi connectivity index (χ0) is 12.5. The van der Waals surface area contributed by atoms with Crippen molar-refractivity contribution in [2.24, 2.45) is 0 Å². The summed E-state index contributed by atoms with van der Waals surface area (Å²) in [6, 6.07) is 5.95. The lowest BCUT2D eigenvalue weighted by Gasteiger charge is -2.06. The lowest BCUT2D eigenvalue weighted by molar-refractivity contribution is 0.984. The van der Waals surface area contributed by atoms with Gasteiger partial charge in [-0.25, -0.2) is 0 Å². The second kappa shape index (κ2) is 4.55. The third kappa shape index (κ3) is 2.04. The average Bonchev–Trinajstić information content (AvgIpc) is 2.79. The molecule has 0 fully saturated rings. The minimum absolute atomic E-state index is 0.771. The van der Waals surface area contributed by atoms with E-state index < -0.39 is 0 Å². The van der Waals surface area contributed by atoms with Gasteiger partial charge in [-0.05, 0) is 19.1 Å². The quantitative estimate of drug-likeness (QED) is 0.727. The summed E-state index contributed by atoms with van der Waals surface area (Å²) in [4.78, 5) is 5.09. The molecule has 18 heavy (non-hydrogen) atoms. The number of aromatic nitrogens is 3. The summed E-state index contributed by atoms with van der Waals surface area (Å²) in [6.07, 6.45) is 3.57. The molecule has 0 radical (unpaired) electrons. The number of hydrogen-bond acceptors (Lipinski definition) is 6. The predicted octanol–water partition coefficient (Wildman–Crippen LogP) is 3.13. The van der Waals surface area contributed by atoms with E-state index in [-0.39, 0.29) is 0 Å². The van der Waals surface area contributed by atoms with Crippen molar-refractivity contribution in [1.82, 2.24) is 15.2 Å². The molecule has 0 saturated heterocycles. The molecule has 2 N–H and O–H groups in total. The Morgan fingerprint density at radius 1 is 1.22 bits per heavy atom.